The van der Waals surface area contributed by atoms with Crippen LogP contribution in [0.2, 0.25) is 0 Å². The van der Waals surface area contributed by atoms with E-state index in [0.717, 1.165) is 16.9 Å². The average molecular weight is 430 g/mol. The molecule has 0 spiro atoms. The Hall–Kier alpha value is -4.33. The highest BCUT2D eigenvalue weighted by molar-refractivity contribution is 5.95. The number of carbonyl (C=O) groups is 1. The first kappa shape index (κ1) is 20.9. The molecule has 2 heterocycles. The van der Waals surface area contributed by atoms with Crippen molar-refractivity contribution in [2.24, 2.45) is 0 Å². The Bertz CT molecular complexity index is 1210. The van der Waals surface area contributed by atoms with E-state index in [1.165, 1.54) is 10.8 Å². The van der Waals surface area contributed by atoms with Crippen LogP contribution in [0.25, 0.3) is 17.5 Å². The van der Waals surface area contributed by atoms with Crippen molar-refractivity contribution in [1.29, 1.82) is 0 Å². The summed E-state index contributed by atoms with van der Waals surface area (Å²) in [5.74, 6) is 2.47. The van der Waals surface area contributed by atoms with Crippen molar-refractivity contribution in [2.75, 3.05) is 19.5 Å². The minimum Gasteiger partial charge on any atom is -0.497 e. The second-order valence-electron chi connectivity index (χ2n) is 6.75. The van der Waals surface area contributed by atoms with E-state index in [1.54, 1.807) is 32.6 Å². The van der Waals surface area contributed by atoms with Crippen LogP contribution in [0.15, 0.2) is 77.4 Å². The third-order valence-electron chi connectivity index (χ3n) is 4.71. The topological polar surface area (TPSA) is 91.4 Å². The number of hydrogen-bond acceptors (Lipinski definition) is 7. The normalized spacial score (nSPS) is 10.9. The van der Waals surface area contributed by atoms with E-state index in [1.807, 2.05) is 54.6 Å². The van der Waals surface area contributed by atoms with Gasteiger partial charge in [-0.2, -0.15) is 9.67 Å². The molecule has 0 aliphatic rings. The van der Waals surface area contributed by atoms with Crippen LogP contribution in [0, 0.1) is 0 Å². The van der Waals surface area contributed by atoms with Gasteiger partial charge in [0.25, 0.3) is 5.91 Å². The van der Waals surface area contributed by atoms with Crippen molar-refractivity contribution >= 4 is 17.9 Å². The number of methoxy groups -OCH3 is 2. The number of furan rings is 1. The van der Waals surface area contributed by atoms with Gasteiger partial charge in [0, 0.05) is 17.2 Å². The summed E-state index contributed by atoms with van der Waals surface area (Å²) in [5.41, 5.74) is 1.54. The summed E-state index contributed by atoms with van der Waals surface area (Å²) in [4.78, 5) is 17.5. The first-order valence-electron chi connectivity index (χ1n) is 9.91. The molecule has 0 saturated carbocycles. The quantitative estimate of drug-likeness (QED) is 0.411. The lowest BCUT2D eigenvalue weighted by molar-refractivity contribution is 0.0957. The van der Waals surface area contributed by atoms with Crippen molar-refractivity contribution in [2.45, 2.75) is 6.54 Å². The number of anilines is 1. The van der Waals surface area contributed by atoms with Crippen molar-refractivity contribution < 1.29 is 18.7 Å². The molecular formula is C24H22N4O4. The first-order chi connectivity index (χ1) is 15.7. The van der Waals surface area contributed by atoms with E-state index >= 15 is 0 Å². The second-order valence-corrected chi connectivity index (χ2v) is 6.75. The van der Waals surface area contributed by atoms with Crippen LogP contribution in [0.4, 0.5) is 5.95 Å². The Morgan fingerprint density at radius 2 is 1.88 bits per heavy atom. The van der Waals surface area contributed by atoms with Gasteiger partial charge in [-0.1, -0.05) is 18.2 Å². The summed E-state index contributed by atoms with van der Waals surface area (Å²) in [5, 5.41) is 7.55. The monoisotopic (exact) mass is 430 g/mol. The Morgan fingerprint density at radius 3 is 2.59 bits per heavy atom. The molecule has 0 aliphatic heterocycles. The fraction of sp³-hybridized carbons (Fsp3) is 0.125. The summed E-state index contributed by atoms with van der Waals surface area (Å²) in [6, 6.07) is 18.4. The fourth-order valence-electron chi connectivity index (χ4n) is 3.06. The molecule has 4 rings (SSSR count). The third-order valence-corrected chi connectivity index (χ3v) is 4.71. The summed E-state index contributed by atoms with van der Waals surface area (Å²) >= 11 is 0. The smallest absolute Gasteiger partial charge is 0.274 e. The summed E-state index contributed by atoms with van der Waals surface area (Å²) in [6.45, 7) is 0.358. The number of nitrogens with zero attached hydrogens (tertiary/aromatic N) is 3. The minimum atomic E-state index is -0.356. The molecule has 0 saturated heterocycles. The molecule has 0 bridgehead atoms. The van der Waals surface area contributed by atoms with Crippen LogP contribution in [0.3, 0.4) is 0 Å². The number of rotatable bonds is 8. The Balaban J connectivity index is 1.63. The second kappa shape index (κ2) is 9.65. The van der Waals surface area contributed by atoms with Gasteiger partial charge < -0.3 is 19.2 Å². The molecular weight excluding hydrogens is 408 g/mol. The van der Waals surface area contributed by atoms with Gasteiger partial charge in [0.1, 0.15) is 17.3 Å². The number of hydrogen-bond donors (Lipinski definition) is 1. The van der Waals surface area contributed by atoms with E-state index in [-0.39, 0.29) is 5.91 Å². The highest BCUT2D eigenvalue weighted by atomic mass is 16.5. The average Bonchev–Trinajstić information content (AvgIpc) is 3.51. The van der Waals surface area contributed by atoms with E-state index in [9.17, 15) is 4.79 Å². The molecule has 2 aromatic heterocycles. The van der Waals surface area contributed by atoms with Gasteiger partial charge >= 0.3 is 0 Å². The van der Waals surface area contributed by atoms with Crippen molar-refractivity contribution in [3.63, 3.8) is 0 Å². The van der Waals surface area contributed by atoms with Crippen LogP contribution in [0.5, 0.6) is 11.5 Å². The van der Waals surface area contributed by atoms with Crippen molar-refractivity contribution in [3.8, 4) is 22.9 Å². The van der Waals surface area contributed by atoms with Crippen LogP contribution in [-0.4, -0.2) is 34.9 Å². The predicted molar refractivity (Wildman–Crippen MR) is 121 cm³/mol. The standard InChI is InChI=1S/C24H22N4O4/c1-30-19-12-9-18(10-13-19)23-26-24(25-16-20-7-5-15-32-20)28(27-23)22(29)14-11-17-6-3-4-8-21(17)31-2/h3-15H,16H2,1-2H3,(H,25,26,27). The number of aromatic nitrogens is 3. The molecule has 2 aromatic carbocycles. The SMILES string of the molecule is COc1ccc(-c2nc(NCc3ccco3)n(C(=O)C=Cc3ccccc3OC)n2)cc1. The molecule has 32 heavy (non-hydrogen) atoms. The molecule has 4 aromatic rings. The van der Waals surface area contributed by atoms with E-state index < -0.39 is 0 Å². The zero-order valence-electron chi connectivity index (χ0n) is 17.7. The molecule has 0 unspecified atom stereocenters. The molecule has 162 valence electrons. The van der Waals surface area contributed by atoms with Gasteiger partial charge in [-0.05, 0) is 48.5 Å². The third kappa shape index (κ3) is 4.70. The van der Waals surface area contributed by atoms with Gasteiger partial charge in [-0.15, -0.1) is 5.10 Å². The van der Waals surface area contributed by atoms with Gasteiger partial charge in [0.2, 0.25) is 5.95 Å². The summed E-state index contributed by atoms with van der Waals surface area (Å²) in [7, 11) is 3.19. The molecule has 0 amide bonds. The molecule has 0 fully saturated rings. The maximum absolute atomic E-state index is 13.0. The van der Waals surface area contributed by atoms with Crippen LogP contribution in [0.1, 0.15) is 16.1 Å². The molecule has 0 radical (unpaired) electrons. The highest BCUT2D eigenvalue weighted by Crippen LogP contribution is 2.22. The lowest BCUT2D eigenvalue weighted by atomic mass is 10.2. The van der Waals surface area contributed by atoms with E-state index in [2.05, 4.69) is 15.4 Å². The van der Waals surface area contributed by atoms with Crippen LogP contribution >= 0.6 is 0 Å². The van der Waals surface area contributed by atoms with E-state index in [4.69, 9.17) is 13.9 Å². The highest BCUT2D eigenvalue weighted by Gasteiger charge is 2.16. The number of para-hydroxylation sites is 1. The molecule has 8 nitrogen and oxygen atoms in total. The largest absolute Gasteiger partial charge is 0.497 e. The molecule has 8 heteroatoms. The number of ether oxygens (including phenoxy) is 2. The van der Waals surface area contributed by atoms with Crippen LogP contribution < -0.4 is 14.8 Å². The number of carbonyl (C=O) groups excluding carboxylic acids is 1. The zero-order chi connectivity index (χ0) is 22.3. The first-order valence-corrected chi connectivity index (χ1v) is 9.91. The van der Waals surface area contributed by atoms with Gasteiger partial charge in [0.05, 0.1) is 27.0 Å². The van der Waals surface area contributed by atoms with E-state index in [0.29, 0.717) is 29.8 Å². The number of benzene rings is 2. The Kier molecular flexibility index (Phi) is 6.31. The summed E-state index contributed by atoms with van der Waals surface area (Å²) in [6.07, 6.45) is 4.71. The zero-order valence-corrected chi connectivity index (χ0v) is 17.7. The molecule has 1 N–H and O–H groups in total. The lowest BCUT2D eigenvalue weighted by Gasteiger charge is -2.05. The predicted octanol–water partition coefficient (Wildman–Crippen LogP) is 4.52. The fourth-order valence-corrected chi connectivity index (χ4v) is 3.06. The van der Waals surface area contributed by atoms with Gasteiger partial charge in [-0.3, -0.25) is 4.79 Å². The maximum atomic E-state index is 13.0. The maximum Gasteiger partial charge on any atom is 0.274 e. The van der Waals surface area contributed by atoms with Gasteiger partial charge in [-0.25, -0.2) is 0 Å². The van der Waals surface area contributed by atoms with Crippen molar-refractivity contribution in [1.82, 2.24) is 14.8 Å². The molecule has 0 aliphatic carbocycles. The number of allylic oxidation sites excluding steroid dienone is 1. The lowest BCUT2D eigenvalue weighted by Crippen LogP contribution is -2.14. The minimum absolute atomic E-state index is 0.307. The summed E-state index contributed by atoms with van der Waals surface area (Å²) < 4.78 is 17.1. The number of nitrogens with one attached hydrogen (secondary N) is 1. The van der Waals surface area contributed by atoms with Crippen molar-refractivity contribution in [3.05, 3.63) is 84.3 Å². The molecule has 0 atom stereocenters. The van der Waals surface area contributed by atoms with Crippen LogP contribution in [-0.2, 0) is 6.54 Å². The Labute approximate surface area is 185 Å². The van der Waals surface area contributed by atoms with Gasteiger partial charge in [0.15, 0.2) is 5.82 Å². The Morgan fingerprint density at radius 1 is 1.06 bits per heavy atom.